The molecular formula is C19H25NO5S. The van der Waals surface area contributed by atoms with Gasteiger partial charge >= 0.3 is 0 Å². The van der Waals surface area contributed by atoms with E-state index in [1.54, 1.807) is 57.5 Å². The second-order valence-corrected chi connectivity index (χ2v) is 7.53. The van der Waals surface area contributed by atoms with Crippen LogP contribution >= 0.6 is 0 Å². The zero-order chi connectivity index (χ0) is 19.3. The van der Waals surface area contributed by atoms with Gasteiger partial charge in [0.25, 0.3) is 0 Å². The van der Waals surface area contributed by atoms with Crippen LogP contribution in [0.5, 0.6) is 17.2 Å². The molecule has 0 saturated heterocycles. The van der Waals surface area contributed by atoms with Crippen molar-refractivity contribution in [2.75, 3.05) is 20.8 Å². The molecule has 0 amide bonds. The molecule has 0 aliphatic rings. The van der Waals surface area contributed by atoms with Gasteiger partial charge in [0.1, 0.15) is 5.75 Å². The maximum Gasteiger partial charge on any atom is 0.241 e. The van der Waals surface area contributed by atoms with E-state index in [4.69, 9.17) is 14.2 Å². The molecule has 26 heavy (non-hydrogen) atoms. The van der Waals surface area contributed by atoms with Crippen molar-refractivity contribution < 1.29 is 22.6 Å². The van der Waals surface area contributed by atoms with E-state index in [0.29, 0.717) is 23.9 Å². The third kappa shape index (κ3) is 4.47. The van der Waals surface area contributed by atoms with Crippen molar-refractivity contribution in [3.05, 3.63) is 47.5 Å². The fourth-order valence-electron chi connectivity index (χ4n) is 2.60. The Labute approximate surface area is 155 Å². The summed E-state index contributed by atoms with van der Waals surface area (Å²) in [5.74, 6) is 1.82. The van der Waals surface area contributed by atoms with Crippen LogP contribution in [-0.4, -0.2) is 29.2 Å². The number of sulfonamides is 1. The first kappa shape index (κ1) is 20.1. The van der Waals surface area contributed by atoms with E-state index in [1.807, 2.05) is 13.8 Å². The number of ether oxygens (including phenoxy) is 3. The van der Waals surface area contributed by atoms with Crippen molar-refractivity contribution in [3.8, 4) is 17.2 Å². The molecule has 0 bridgehead atoms. The van der Waals surface area contributed by atoms with Crippen LogP contribution in [0.4, 0.5) is 0 Å². The molecule has 1 N–H and O–H groups in total. The van der Waals surface area contributed by atoms with Gasteiger partial charge in [-0.1, -0.05) is 6.07 Å². The Kier molecular flexibility index (Phi) is 6.50. The number of aryl methyl sites for hydroxylation is 1. The Morgan fingerprint density at radius 2 is 1.65 bits per heavy atom. The first-order valence-corrected chi connectivity index (χ1v) is 9.78. The van der Waals surface area contributed by atoms with E-state index in [1.165, 1.54) is 0 Å². The molecule has 0 saturated carbocycles. The lowest BCUT2D eigenvalue weighted by atomic mass is 10.1. The fourth-order valence-corrected chi connectivity index (χ4v) is 3.91. The van der Waals surface area contributed by atoms with Gasteiger partial charge in [0.2, 0.25) is 10.0 Å². The minimum atomic E-state index is -3.67. The zero-order valence-corrected chi connectivity index (χ0v) is 16.5. The van der Waals surface area contributed by atoms with Gasteiger partial charge in [-0.05, 0) is 62.2 Å². The van der Waals surface area contributed by atoms with Crippen molar-refractivity contribution in [3.63, 3.8) is 0 Å². The molecule has 0 spiro atoms. The monoisotopic (exact) mass is 379 g/mol. The zero-order valence-electron chi connectivity index (χ0n) is 15.7. The van der Waals surface area contributed by atoms with E-state index in [-0.39, 0.29) is 4.90 Å². The average Bonchev–Trinajstić information content (AvgIpc) is 2.62. The van der Waals surface area contributed by atoms with E-state index in [0.717, 1.165) is 11.1 Å². The molecule has 0 aliphatic carbocycles. The van der Waals surface area contributed by atoms with Crippen LogP contribution in [0, 0.1) is 6.92 Å². The molecule has 0 fully saturated rings. The summed E-state index contributed by atoms with van der Waals surface area (Å²) in [4.78, 5) is 0.200. The highest BCUT2D eigenvalue weighted by atomic mass is 32.2. The molecule has 0 aliphatic heterocycles. The first-order chi connectivity index (χ1) is 12.3. The van der Waals surface area contributed by atoms with E-state index in [2.05, 4.69) is 4.72 Å². The topological polar surface area (TPSA) is 73.9 Å². The van der Waals surface area contributed by atoms with Gasteiger partial charge in [-0.15, -0.1) is 0 Å². The second-order valence-electron chi connectivity index (χ2n) is 5.82. The summed E-state index contributed by atoms with van der Waals surface area (Å²) in [5, 5.41) is 0. The highest BCUT2D eigenvalue weighted by Crippen LogP contribution is 2.30. The van der Waals surface area contributed by atoms with Gasteiger partial charge in [-0.2, -0.15) is 0 Å². The normalized spacial score (nSPS) is 12.5. The lowest BCUT2D eigenvalue weighted by Gasteiger charge is -2.17. The predicted octanol–water partition coefficient (Wildman–Crippen LogP) is 3.45. The molecule has 142 valence electrons. The highest BCUT2D eigenvalue weighted by Gasteiger charge is 2.20. The Balaban J connectivity index is 2.24. The number of hydrogen-bond acceptors (Lipinski definition) is 5. The van der Waals surface area contributed by atoms with Gasteiger partial charge in [0, 0.05) is 6.04 Å². The second kappa shape index (κ2) is 8.42. The van der Waals surface area contributed by atoms with E-state index < -0.39 is 16.1 Å². The quantitative estimate of drug-likeness (QED) is 0.760. The number of methoxy groups -OCH3 is 2. The molecule has 7 heteroatoms. The van der Waals surface area contributed by atoms with Crippen LogP contribution in [0.25, 0.3) is 0 Å². The number of nitrogens with one attached hydrogen (secondary N) is 1. The summed E-state index contributed by atoms with van der Waals surface area (Å²) < 4.78 is 44.1. The molecule has 2 aromatic rings. The Morgan fingerprint density at radius 1 is 1.00 bits per heavy atom. The molecular weight excluding hydrogens is 354 g/mol. The Bertz CT molecular complexity index is 864. The van der Waals surface area contributed by atoms with E-state index in [9.17, 15) is 8.42 Å². The van der Waals surface area contributed by atoms with E-state index >= 15 is 0 Å². The molecule has 0 heterocycles. The van der Waals surface area contributed by atoms with Crippen LogP contribution < -0.4 is 18.9 Å². The third-order valence-corrected chi connectivity index (χ3v) is 5.53. The van der Waals surface area contributed by atoms with Gasteiger partial charge in [0.15, 0.2) is 11.5 Å². The molecule has 1 atom stereocenters. The molecule has 2 rings (SSSR count). The summed E-state index contributed by atoms with van der Waals surface area (Å²) in [6.07, 6.45) is 0. The molecule has 0 aromatic heterocycles. The predicted molar refractivity (Wildman–Crippen MR) is 101 cm³/mol. The van der Waals surface area contributed by atoms with Crippen molar-refractivity contribution in [1.82, 2.24) is 4.72 Å². The largest absolute Gasteiger partial charge is 0.494 e. The summed E-state index contributed by atoms with van der Waals surface area (Å²) in [6.45, 7) is 6.01. The van der Waals surface area contributed by atoms with Gasteiger partial charge < -0.3 is 14.2 Å². The van der Waals surface area contributed by atoms with Crippen molar-refractivity contribution in [1.29, 1.82) is 0 Å². The molecule has 2 aromatic carbocycles. The first-order valence-electron chi connectivity index (χ1n) is 8.30. The van der Waals surface area contributed by atoms with Gasteiger partial charge in [-0.3, -0.25) is 0 Å². The smallest absolute Gasteiger partial charge is 0.241 e. The van der Waals surface area contributed by atoms with Crippen molar-refractivity contribution in [2.45, 2.75) is 31.7 Å². The van der Waals surface area contributed by atoms with Crippen LogP contribution in [0.2, 0.25) is 0 Å². The number of rotatable bonds is 8. The maximum absolute atomic E-state index is 12.7. The SMILES string of the molecule is CCOc1ccc(S(=O)(=O)N[C@@H](C)c2ccc(OC)c(OC)c2)cc1C. The summed E-state index contributed by atoms with van der Waals surface area (Å²) >= 11 is 0. The minimum Gasteiger partial charge on any atom is -0.494 e. The van der Waals surface area contributed by atoms with Gasteiger partial charge in [-0.25, -0.2) is 13.1 Å². The molecule has 0 radical (unpaired) electrons. The summed E-state index contributed by atoms with van der Waals surface area (Å²) in [6, 6.07) is 9.70. The third-order valence-electron chi connectivity index (χ3n) is 4.00. The van der Waals surface area contributed by atoms with Gasteiger partial charge in [0.05, 0.1) is 25.7 Å². The lowest BCUT2D eigenvalue weighted by molar-refractivity contribution is 0.337. The fraction of sp³-hybridized carbons (Fsp3) is 0.368. The van der Waals surface area contributed by atoms with Crippen LogP contribution in [0.1, 0.15) is 31.0 Å². The van der Waals surface area contributed by atoms with Crippen LogP contribution in [-0.2, 0) is 10.0 Å². The molecule has 0 unspecified atom stereocenters. The minimum absolute atomic E-state index is 0.200. The standard InChI is InChI=1S/C19H25NO5S/c1-6-25-17-10-8-16(11-13(17)2)26(21,22)20-14(3)15-7-9-18(23-4)19(12-15)24-5/h7-12,14,20H,6H2,1-5H3/t14-/m0/s1. The summed E-state index contributed by atoms with van der Waals surface area (Å²) in [5.41, 5.74) is 1.54. The molecule has 6 nitrogen and oxygen atoms in total. The Hall–Kier alpha value is -2.25. The number of benzene rings is 2. The summed E-state index contributed by atoms with van der Waals surface area (Å²) in [7, 11) is -0.580. The lowest BCUT2D eigenvalue weighted by Crippen LogP contribution is -2.27. The average molecular weight is 379 g/mol. The maximum atomic E-state index is 12.7. The highest BCUT2D eigenvalue weighted by molar-refractivity contribution is 7.89. The van der Waals surface area contributed by atoms with Crippen molar-refractivity contribution >= 4 is 10.0 Å². The van der Waals surface area contributed by atoms with Crippen LogP contribution in [0.15, 0.2) is 41.3 Å². The van der Waals surface area contributed by atoms with Crippen molar-refractivity contribution in [2.24, 2.45) is 0 Å². The number of hydrogen-bond donors (Lipinski definition) is 1. The Morgan fingerprint density at radius 3 is 2.23 bits per heavy atom. The van der Waals surface area contributed by atoms with Crippen LogP contribution in [0.3, 0.4) is 0 Å².